The third kappa shape index (κ3) is 4.12. The Morgan fingerprint density at radius 2 is 1.93 bits per heavy atom. The van der Waals surface area contributed by atoms with Crippen LogP contribution in [0, 0.1) is 0 Å². The molecule has 1 aliphatic heterocycles. The van der Waals surface area contributed by atoms with Gasteiger partial charge in [-0.3, -0.25) is 9.36 Å². The Morgan fingerprint density at radius 3 is 2.67 bits per heavy atom. The molecule has 8 heteroatoms. The number of imidazole rings is 1. The summed E-state index contributed by atoms with van der Waals surface area (Å²) in [7, 11) is 0. The fourth-order valence-electron chi connectivity index (χ4n) is 3.14. The molecular weight excluding hydrogens is 382 g/mol. The number of phenols is 2. The number of primary amides is 1. The van der Waals surface area contributed by atoms with Gasteiger partial charge in [-0.25, -0.2) is 4.98 Å². The second kappa shape index (κ2) is 8.04. The highest BCUT2D eigenvalue weighted by molar-refractivity contribution is 5.83. The Kier molecular flexibility index (Phi) is 5.13. The largest absolute Gasteiger partial charge is 0.504 e. The molecule has 2 heterocycles. The number of amides is 1. The molecule has 8 nitrogen and oxygen atoms in total. The van der Waals surface area contributed by atoms with E-state index in [-0.39, 0.29) is 17.4 Å². The molecule has 1 amide bonds. The fourth-order valence-corrected chi connectivity index (χ4v) is 3.14. The van der Waals surface area contributed by atoms with Gasteiger partial charge in [0.2, 0.25) is 5.91 Å². The van der Waals surface area contributed by atoms with Crippen molar-refractivity contribution in [3.05, 3.63) is 78.0 Å². The van der Waals surface area contributed by atoms with Crippen molar-refractivity contribution in [3.8, 4) is 11.5 Å². The molecule has 0 saturated heterocycles. The van der Waals surface area contributed by atoms with E-state index in [2.05, 4.69) is 15.6 Å². The van der Waals surface area contributed by atoms with Crippen LogP contribution in [0.2, 0.25) is 0 Å². The molecule has 6 N–H and O–H groups in total. The Balaban J connectivity index is 1.56. The van der Waals surface area contributed by atoms with Crippen molar-refractivity contribution in [1.82, 2.24) is 14.9 Å². The van der Waals surface area contributed by atoms with E-state index in [9.17, 15) is 15.0 Å². The summed E-state index contributed by atoms with van der Waals surface area (Å²) in [6, 6.07) is 12.4. The number of aryl methyl sites for hydroxylation is 1. The Bertz CT molecular complexity index is 1150. The minimum Gasteiger partial charge on any atom is -0.504 e. The van der Waals surface area contributed by atoms with Gasteiger partial charge >= 0.3 is 0 Å². The first-order valence-corrected chi connectivity index (χ1v) is 9.38. The molecule has 2 aromatic carbocycles. The first kappa shape index (κ1) is 19.1. The van der Waals surface area contributed by atoms with Crippen molar-refractivity contribution in [2.45, 2.75) is 12.8 Å². The topological polar surface area (TPSA) is 125 Å². The number of rotatable bonds is 6. The minimum absolute atomic E-state index is 0.174. The third-order valence-corrected chi connectivity index (χ3v) is 4.74. The number of benzene rings is 2. The number of nitrogens with two attached hydrogens (primary N) is 1. The van der Waals surface area contributed by atoms with Crippen molar-refractivity contribution in [2.75, 3.05) is 5.32 Å². The second-order valence-corrected chi connectivity index (χ2v) is 6.88. The van der Waals surface area contributed by atoms with Gasteiger partial charge in [0.15, 0.2) is 11.5 Å². The summed E-state index contributed by atoms with van der Waals surface area (Å²) < 4.78 is 1.89. The number of nitrogens with one attached hydrogen (secondary N) is 2. The molecule has 0 saturated carbocycles. The lowest BCUT2D eigenvalue weighted by Gasteiger charge is -2.13. The van der Waals surface area contributed by atoms with Crippen LogP contribution in [0.3, 0.4) is 0 Å². The van der Waals surface area contributed by atoms with Crippen molar-refractivity contribution in [2.24, 2.45) is 5.73 Å². The molecular formula is C22H21N5O3. The number of hydrogen-bond acceptors (Lipinski definition) is 6. The van der Waals surface area contributed by atoms with E-state index in [0.29, 0.717) is 24.2 Å². The maximum atomic E-state index is 10.9. The lowest BCUT2D eigenvalue weighted by atomic mass is 10.1. The molecule has 4 rings (SSSR count). The average molecular weight is 403 g/mol. The highest BCUT2D eigenvalue weighted by Gasteiger charge is 2.14. The van der Waals surface area contributed by atoms with E-state index in [0.717, 1.165) is 22.8 Å². The molecule has 1 aliphatic rings. The van der Waals surface area contributed by atoms with E-state index in [1.54, 1.807) is 18.5 Å². The number of hydrogen-bond donors (Lipinski definition) is 5. The maximum Gasteiger partial charge on any atom is 0.217 e. The average Bonchev–Trinajstić information content (AvgIpc) is 3.12. The van der Waals surface area contributed by atoms with E-state index in [4.69, 9.17) is 5.73 Å². The number of carbonyl (C=O) groups is 1. The minimum atomic E-state index is -0.315. The predicted molar refractivity (Wildman–Crippen MR) is 115 cm³/mol. The zero-order valence-corrected chi connectivity index (χ0v) is 16.0. The monoisotopic (exact) mass is 403 g/mol. The highest BCUT2D eigenvalue weighted by atomic mass is 16.3. The molecule has 0 radical (unpaired) electrons. The van der Waals surface area contributed by atoms with Gasteiger partial charge in [-0.15, -0.1) is 0 Å². The molecule has 3 aromatic rings. The summed E-state index contributed by atoms with van der Waals surface area (Å²) in [5, 5.41) is 26.0. The predicted octanol–water partition coefficient (Wildman–Crippen LogP) is 2.68. The summed E-state index contributed by atoms with van der Waals surface area (Å²) in [4.78, 5) is 15.3. The number of phenolic OH excluding ortho intramolecular Hbond substituents is 2. The van der Waals surface area contributed by atoms with E-state index in [1.165, 1.54) is 12.1 Å². The first-order valence-electron chi connectivity index (χ1n) is 9.38. The van der Waals surface area contributed by atoms with Gasteiger partial charge in [0.05, 0.1) is 0 Å². The molecule has 0 unspecified atom stereocenters. The highest BCUT2D eigenvalue weighted by Crippen LogP contribution is 2.29. The molecule has 152 valence electrons. The molecule has 0 spiro atoms. The molecule has 0 fully saturated rings. The maximum absolute atomic E-state index is 10.9. The Morgan fingerprint density at radius 1 is 1.13 bits per heavy atom. The summed E-state index contributed by atoms with van der Waals surface area (Å²) in [5.41, 5.74) is 8.54. The van der Waals surface area contributed by atoms with Crippen LogP contribution < -0.4 is 16.4 Å². The van der Waals surface area contributed by atoms with Gasteiger partial charge in [-0.05, 0) is 42.3 Å². The van der Waals surface area contributed by atoms with Crippen LogP contribution in [0.15, 0.2) is 61.1 Å². The summed E-state index contributed by atoms with van der Waals surface area (Å²) in [6.45, 7) is 0. The van der Waals surface area contributed by atoms with Crippen LogP contribution in [-0.2, 0) is 11.2 Å². The summed E-state index contributed by atoms with van der Waals surface area (Å²) >= 11 is 0. The molecule has 1 aromatic heterocycles. The van der Waals surface area contributed by atoms with Crippen molar-refractivity contribution in [1.29, 1.82) is 0 Å². The van der Waals surface area contributed by atoms with Crippen LogP contribution in [0.4, 0.5) is 5.69 Å². The number of aromatic hydroxyl groups is 2. The molecule has 0 atom stereocenters. The van der Waals surface area contributed by atoms with Crippen molar-refractivity contribution in [3.63, 3.8) is 0 Å². The zero-order chi connectivity index (χ0) is 21.1. The normalized spacial score (nSPS) is 12.8. The first-order chi connectivity index (χ1) is 14.5. The van der Waals surface area contributed by atoms with Crippen molar-refractivity contribution < 1.29 is 15.0 Å². The van der Waals surface area contributed by atoms with Crippen LogP contribution in [-0.4, -0.2) is 25.7 Å². The van der Waals surface area contributed by atoms with Gasteiger partial charge in [-0.1, -0.05) is 12.1 Å². The number of aromatic nitrogens is 2. The summed E-state index contributed by atoms with van der Waals surface area (Å²) in [5.74, 6) is 0.763. The summed E-state index contributed by atoms with van der Waals surface area (Å²) in [6.07, 6.45) is 8.12. The van der Waals surface area contributed by atoms with E-state index >= 15 is 0 Å². The van der Waals surface area contributed by atoms with Gasteiger partial charge < -0.3 is 26.6 Å². The van der Waals surface area contributed by atoms with Crippen LogP contribution >= 0.6 is 0 Å². The smallest absolute Gasteiger partial charge is 0.217 e. The quantitative estimate of drug-likeness (QED) is 0.403. The van der Waals surface area contributed by atoms with Crippen LogP contribution in [0.25, 0.3) is 17.6 Å². The standard InChI is InChI=1S/C22H21N5O3/c23-20(30)8-3-14-1-5-16(6-2-14)26-22-13-25-17(12-21-24-9-10-27(21)22)15-4-7-18(28)19(29)11-15/h1-2,4-7,9-13,25-26,28-29H,3,8H2,(H2,23,30). The van der Waals surface area contributed by atoms with Gasteiger partial charge in [0.25, 0.3) is 0 Å². The van der Waals surface area contributed by atoms with E-state index in [1.807, 2.05) is 41.1 Å². The number of fused-ring (bicyclic) bond motifs is 1. The third-order valence-electron chi connectivity index (χ3n) is 4.74. The van der Waals surface area contributed by atoms with Crippen LogP contribution in [0.5, 0.6) is 11.5 Å². The van der Waals surface area contributed by atoms with Crippen LogP contribution in [0.1, 0.15) is 23.4 Å². The lowest BCUT2D eigenvalue weighted by molar-refractivity contribution is -0.117. The molecule has 30 heavy (non-hydrogen) atoms. The zero-order valence-electron chi connectivity index (χ0n) is 16.0. The SMILES string of the molecule is NC(=O)CCc1ccc(NC2=CNC(c3ccc(O)c(O)c3)=Cc3nccn32)cc1. The van der Waals surface area contributed by atoms with Crippen molar-refractivity contribution >= 4 is 29.2 Å². The Labute approximate surface area is 173 Å². The molecule has 0 bridgehead atoms. The lowest BCUT2D eigenvalue weighted by Crippen LogP contribution is -2.11. The van der Waals surface area contributed by atoms with Gasteiger partial charge in [0, 0.05) is 48.0 Å². The van der Waals surface area contributed by atoms with Gasteiger partial charge in [0.1, 0.15) is 11.6 Å². The van der Waals surface area contributed by atoms with Gasteiger partial charge in [-0.2, -0.15) is 0 Å². The number of anilines is 1. The number of nitrogens with zero attached hydrogens (tertiary/aromatic N) is 2. The Hall–Kier alpha value is -4.20. The molecule has 0 aliphatic carbocycles. The van der Waals surface area contributed by atoms with E-state index < -0.39 is 0 Å². The second-order valence-electron chi connectivity index (χ2n) is 6.88. The number of carbonyl (C=O) groups excluding carboxylic acids is 1. The fraction of sp³-hybridized carbons (Fsp3) is 0.0909.